The van der Waals surface area contributed by atoms with Crippen molar-refractivity contribution in [1.29, 1.82) is 0 Å². The van der Waals surface area contributed by atoms with Gasteiger partial charge in [0, 0.05) is 50.7 Å². The molecule has 5 nitrogen and oxygen atoms in total. The molecule has 1 aliphatic heterocycles. The van der Waals surface area contributed by atoms with E-state index >= 15 is 0 Å². The molecule has 0 spiro atoms. The van der Waals surface area contributed by atoms with E-state index in [1.165, 1.54) is 5.69 Å². The maximum absolute atomic E-state index is 12.3. The van der Waals surface area contributed by atoms with Gasteiger partial charge in [0.05, 0.1) is 0 Å². The van der Waals surface area contributed by atoms with Crippen molar-refractivity contribution in [3.63, 3.8) is 0 Å². The monoisotopic (exact) mass is 343 g/mol. The molecule has 136 valence electrons. The first kappa shape index (κ1) is 17.8. The van der Waals surface area contributed by atoms with Crippen molar-refractivity contribution >= 4 is 17.5 Å². The molecule has 0 bridgehead atoms. The van der Waals surface area contributed by atoms with Gasteiger partial charge in [-0.2, -0.15) is 0 Å². The first-order chi connectivity index (χ1) is 12.1. The third-order valence-corrected chi connectivity index (χ3v) is 5.61. The Morgan fingerprint density at radius 1 is 1.20 bits per heavy atom. The molecule has 25 heavy (non-hydrogen) atoms. The smallest absolute Gasteiger partial charge is 0.224 e. The van der Waals surface area contributed by atoms with Crippen molar-refractivity contribution in [3.05, 3.63) is 30.3 Å². The molecule has 1 N–H and O–H groups in total. The second-order valence-corrected chi connectivity index (χ2v) is 7.42. The SMILES string of the molecule is CC1CC1C(=O)NCCC(=O)N1CCC(N(C)c2ccccc2)CC1. The number of amides is 2. The van der Waals surface area contributed by atoms with Crippen LogP contribution in [-0.4, -0.2) is 49.4 Å². The van der Waals surface area contributed by atoms with Crippen LogP contribution in [0.1, 0.15) is 32.6 Å². The van der Waals surface area contributed by atoms with Crippen molar-refractivity contribution in [2.45, 2.75) is 38.6 Å². The number of carbonyl (C=O) groups excluding carboxylic acids is 2. The fraction of sp³-hybridized carbons (Fsp3) is 0.600. The van der Waals surface area contributed by atoms with Gasteiger partial charge in [-0.25, -0.2) is 0 Å². The second kappa shape index (κ2) is 7.89. The number of para-hydroxylation sites is 1. The number of hydrogen-bond acceptors (Lipinski definition) is 3. The van der Waals surface area contributed by atoms with Crippen LogP contribution in [-0.2, 0) is 9.59 Å². The Labute approximate surface area is 150 Å². The van der Waals surface area contributed by atoms with Gasteiger partial charge in [0.1, 0.15) is 0 Å². The van der Waals surface area contributed by atoms with E-state index < -0.39 is 0 Å². The van der Waals surface area contributed by atoms with Crippen molar-refractivity contribution in [1.82, 2.24) is 10.2 Å². The van der Waals surface area contributed by atoms with Crippen LogP contribution in [0, 0.1) is 11.8 Å². The minimum absolute atomic E-state index is 0.114. The maximum Gasteiger partial charge on any atom is 0.224 e. The molecule has 2 aliphatic rings. The Morgan fingerprint density at radius 2 is 1.84 bits per heavy atom. The molecule has 3 rings (SSSR count). The van der Waals surface area contributed by atoms with E-state index in [1.54, 1.807) is 0 Å². The minimum atomic E-state index is 0.114. The lowest BCUT2D eigenvalue weighted by Crippen LogP contribution is -2.46. The maximum atomic E-state index is 12.3. The summed E-state index contributed by atoms with van der Waals surface area (Å²) in [6.07, 6.45) is 3.38. The molecule has 1 heterocycles. The molecule has 2 atom stereocenters. The number of benzene rings is 1. The van der Waals surface area contributed by atoms with E-state index in [0.717, 1.165) is 32.4 Å². The van der Waals surface area contributed by atoms with E-state index in [0.29, 0.717) is 24.9 Å². The van der Waals surface area contributed by atoms with E-state index in [9.17, 15) is 9.59 Å². The zero-order valence-corrected chi connectivity index (χ0v) is 15.3. The Balaban J connectivity index is 1.38. The van der Waals surface area contributed by atoms with E-state index in [2.05, 4.69) is 48.5 Å². The Morgan fingerprint density at radius 3 is 2.44 bits per heavy atom. The van der Waals surface area contributed by atoms with Gasteiger partial charge in [0.2, 0.25) is 11.8 Å². The Bertz CT molecular complexity index is 596. The largest absolute Gasteiger partial charge is 0.371 e. The zero-order valence-electron chi connectivity index (χ0n) is 15.3. The highest BCUT2D eigenvalue weighted by Crippen LogP contribution is 2.37. The van der Waals surface area contributed by atoms with Crippen molar-refractivity contribution in [3.8, 4) is 0 Å². The molecule has 2 amide bonds. The number of rotatable bonds is 6. The number of hydrogen-bond donors (Lipinski definition) is 1. The van der Waals surface area contributed by atoms with Crippen molar-refractivity contribution < 1.29 is 9.59 Å². The highest BCUT2D eigenvalue weighted by molar-refractivity contribution is 5.82. The number of carbonyl (C=O) groups is 2. The Hall–Kier alpha value is -2.04. The average Bonchev–Trinajstić information content (AvgIpc) is 3.38. The molecular weight excluding hydrogens is 314 g/mol. The van der Waals surface area contributed by atoms with Crippen LogP contribution in [0.3, 0.4) is 0 Å². The van der Waals surface area contributed by atoms with Crippen LogP contribution in [0.25, 0.3) is 0 Å². The molecule has 1 saturated carbocycles. The zero-order chi connectivity index (χ0) is 17.8. The molecule has 2 unspecified atom stereocenters. The van der Waals surface area contributed by atoms with Gasteiger partial charge in [-0.15, -0.1) is 0 Å². The summed E-state index contributed by atoms with van der Waals surface area (Å²) in [5, 5.41) is 2.90. The summed E-state index contributed by atoms with van der Waals surface area (Å²) >= 11 is 0. The van der Waals surface area contributed by atoms with Crippen LogP contribution in [0.2, 0.25) is 0 Å². The highest BCUT2D eigenvalue weighted by atomic mass is 16.2. The summed E-state index contributed by atoms with van der Waals surface area (Å²) in [5.74, 6) is 0.962. The van der Waals surface area contributed by atoms with Gasteiger partial charge in [-0.3, -0.25) is 9.59 Å². The van der Waals surface area contributed by atoms with Crippen LogP contribution in [0.15, 0.2) is 30.3 Å². The second-order valence-electron chi connectivity index (χ2n) is 7.42. The standard InChI is InChI=1S/C20H29N3O2/c1-15-14-18(15)20(25)21-11-8-19(24)23-12-9-17(10-13-23)22(2)16-6-4-3-5-7-16/h3-7,15,17-18H,8-14H2,1-2H3,(H,21,25). The molecule has 2 fully saturated rings. The summed E-state index contributed by atoms with van der Waals surface area (Å²) in [6.45, 7) is 4.15. The van der Waals surface area contributed by atoms with Crippen LogP contribution in [0.4, 0.5) is 5.69 Å². The lowest BCUT2D eigenvalue weighted by molar-refractivity contribution is -0.132. The average molecular weight is 343 g/mol. The summed E-state index contributed by atoms with van der Waals surface area (Å²) in [6, 6.07) is 10.9. The Kier molecular flexibility index (Phi) is 5.61. The van der Waals surface area contributed by atoms with E-state index in [1.807, 2.05) is 11.0 Å². The number of nitrogens with one attached hydrogen (secondary N) is 1. The third-order valence-electron chi connectivity index (χ3n) is 5.61. The summed E-state index contributed by atoms with van der Waals surface area (Å²) in [7, 11) is 2.13. The summed E-state index contributed by atoms with van der Waals surface area (Å²) in [4.78, 5) is 28.4. The first-order valence-corrected chi connectivity index (χ1v) is 9.39. The molecule has 0 radical (unpaired) electrons. The molecule has 0 aromatic heterocycles. The molecule has 1 saturated heterocycles. The predicted molar refractivity (Wildman–Crippen MR) is 99.3 cm³/mol. The summed E-state index contributed by atoms with van der Waals surface area (Å²) in [5.41, 5.74) is 1.23. The lowest BCUT2D eigenvalue weighted by atomic mass is 10.0. The summed E-state index contributed by atoms with van der Waals surface area (Å²) < 4.78 is 0. The molecule has 1 aromatic carbocycles. The van der Waals surface area contributed by atoms with Crippen LogP contribution < -0.4 is 10.2 Å². The minimum Gasteiger partial charge on any atom is -0.371 e. The third kappa shape index (κ3) is 4.53. The number of nitrogens with zero attached hydrogens (tertiary/aromatic N) is 2. The molecular formula is C20H29N3O2. The number of anilines is 1. The fourth-order valence-corrected chi connectivity index (χ4v) is 3.65. The highest BCUT2D eigenvalue weighted by Gasteiger charge is 2.38. The molecule has 1 aromatic rings. The quantitative estimate of drug-likeness (QED) is 0.862. The fourth-order valence-electron chi connectivity index (χ4n) is 3.65. The van der Waals surface area contributed by atoms with E-state index in [4.69, 9.17) is 0 Å². The lowest BCUT2D eigenvalue weighted by Gasteiger charge is -2.38. The topological polar surface area (TPSA) is 52.7 Å². The van der Waals surface area contributed by atoms with Crippen LogP contribution in [0.5, 0.6) is 0 Å². The van der Waals surface area contributed by atoms with Gasteiger partial charge in [-0.1, -0.05) is 25.1 Å². The normalized spacial score (nSPS) is 23.2. The van der Waals surface area contributed by atoms with Gasteiger partial charge >= 0.3 is 0 Å². The van der Waals surface area contributed by atoms with Gasteiger partial charge in [0.15, 0.2) is 0 Å². The van der Waals surface area contributed by atoms with Crippen LogP contribution >= 0.6 is 0 Å². The predicted octanol–water partition coefficient (Wildman–Crippen LogP) is 2.28. The van der Waals surface area contributed by atoms with E-state index in [-0.39, 0.29) is 17.7 Å². The van der Waals surface area contributed by atoms with Gasteiger partial charge in [-0.05, 0) is 37.3 Å². The van der Waals surface area contributed by atoms with Crippen molar-refractivity contribution in [2.24, 2.45) is 11.8 Å². The first-order valence-electron chi connectivity index (χ1n) is 9.39. The van der Waals surface area contributed by atoms with Crippen molar-refractivity contribution in [2.75, 3.05) is 31.6 Å². The van der Waals surface area contributed by atoms with Gasteiger partial charge in [0.25, 0.3) is 0 Å². The number of piperidine rings is 1. The molecule has 5 heteroatoms. The number of likely N-dealkylation sites (tertiary alicyclic amines) is 1. The molecule has 1 aliphatic carbocycles. The van der Waals surface area contributed by atoms with Gasteiger partial charge < -0.3 is 15.1 Å².